The van der Waals surface area contributed by atoms with Crippen molar-refractivity contribution in [2.75, 3.05) is 6.54 Å². The van der Waals surface area contributed by atoms with Gasteiger partial charge in [0.05, 0.1) is 27.9 Å². The number of rotatable bonds is 2. The Morgan fingerprint density at radius 1 is 1.30 bits per heavy atom. The zero-order valence-corrected chi connectivity index (χ0v) is 16.4. The van der Waals surface area contributed by atoms with Crippen LogP contribution < -0.4 is 5.84 Å². The van der Waals surface area contributed by atoms with Crippen molar-refractivity contribution in [2.24, 2.45) is 15.9 Å². The molecule has 6 nitrogen and oxygen atoms in total. The average molecular weight is 442 g/mol. The molecule has 1 aliphatic rings. The number of benzene rings is 1. The van der Waals surface area contributed by atoms with Crippen LogP contribution in [0.2, 0.25) is 5.02 Å². The Balaban J connectivity index is 1.92. The van der Waals surface area contributed by atoms with Gasteiger partial charge in [-0.3, -0.25) is 4.79 Å². The van der Waals surface area contributed by atoms with Crippen molar-refractivity contribution >= 4 is 34.7 Å². The third-order valence-corrected chi connectivity index (χ3v) is 5.07. The maximum absolute atomic E-state index is 13.9. The number of aromatic nitrogens is 1. The van der Waals surface area contributed by atoms with E-state index in [9.17, 15) is 22.4 Å². The highest BCUT2D eigenvalue weighted by atomic mass is 35.5. The molecule has 1 saturated heterocycles. The molecule has 2 aromatic rings. The van der Waals surface area contributed by atoms with E-state index in [4.69, 9.17) is 17.4 Å². The van der Waals surface area contributed by atoms with Crippen LogP contribution in [-0.4, -0.2) is 39.8 Å². The fourth-order valence-corrected chi connectivity index (χ4v) is 3.48. The van der Waals surface area contributed by atoms with Crippen molar-refractivity contribution in [1.82, 2.24) is 9.88 Å². The summed E-state index contributed by atoms with van der Waals surface area (Å²) in [7, 11) is 0. The van der Waals surface area contributed by atoms with Gasteiger partial charge in [0, 0.05) is 19.2 Å². The van der Waals surface area contributed by atoms with Crippen molar-refractivity contribution in [3.8, 4) is 0 Å². The molecule has 0 aliphatic carbocycles. The predicted molar refractivity (Wildman–Crippen MR) is 104 cm³/mol. The molecular formula is C19H16ClF4N5O. The summed E-state index contributed by atoms with van der Waals surface area (Å²) < 4.78 is 53.2. The first kappa shape index (κ1) is 21.7. The normalized spacial score (nSPS) is 20.1. The first-order valence-corrected chi connectivity index (χ1v) is 9.15. The maximum atomic E-state index is 13.9. The zero-order valence-electron chi connectivity index (χ0n) is 15.6. The van der Waals surface area contributed by atoms with Crippen LogP contribution in [0.3, 0.4) is 0 Å². The van der Waals surface area contributed by atoms with Crippen molar-refractivity contribution in [1.29, 1.82) is 0 Å². The summed E-state index contributed by atoms with van der Waals surface area (Å²) in [5.41, 5.74) is -0.851. The van der Waals surface area contributed by atoms with Crippen LogP contribution in [0, 0.1) is 5.82 Å². The van der Waals surface area contributed by atoms with Gasteiger partial charge in [0.15, 0.2) is 11.6 Å². The number of hydrogen-bond donors (Lipinski definition) is 1. The summed E-state index contributed by atoms with van der Waals surface area (Å²) >= 11 is 5.88. The molecule has 1 amide bonds. The monoisotopic (exact) mass is 441 g/mol. The van der Waals surface area contributed by atoms with E-state index in [1.54, 1.807) is 6.92 Å². The van der Waals surface area contributed by atoms with E-state index in [1.807, 2.05) is 0 Å². The van der Waals surface area contributed by atoms with E-state index in [0.29, 0.717) is 5.71 Å². The molecule has 3 rings (SSSR count). The molecule has 0 saturated carbocycles. The van der Waals surface area contributed by atoms with Crippen LogP contribution in [0.5, 0.6) is 0 Å². The SMILES string of the molecule is CC1/C(=N\N)C(=Nc2ncccc2F)CCN1C(=O)c1cccc(C(F)(F)F)c1Cl. The lowest BCUT2D eigenvalue weighted by Gasteiger charge is -2.35. The van der Waals surface area contributed by atoms with Gasteiger partial charge in [0.2, 0.25) is 0 Å². The molecule has 1 aromatic heterocycles. The van der Waals surface area contributed by atoms with Crippen molar-refractivity contribution in [3.05, 3.63) is 58.5 Å². The first-order chi connectivity index (χ1) is 14.1. The van der Waals surface area contributed by atoms with Gasteiger partial charge in [0.25, 0.3) is 5.91 Å². The molecule has 0 spiro atoms. The number of aliphatic imine (C=N–C) groups is 1. The van der Waals surface area contributed by atoms with Crippen LogP contribution in [0.25, 0.3) is 0 Å². The number of carbonyl (C=O) groups excluding carboxylic acids is 1. The van der Waals surface area contributed by atoms with E-state index >= 15 is 0 Å². The minimum atomic E-state index is -4.70. The summed E-state index contributed by atoms with van der Waals surface area (Å²) in [4.78, 5) is 22.3. The fraction of sp³-hybridized carbons (Fsp3) is 0.263. The number of hydrazone groups is 1. The topological polar surface area (TPSA) is 83.9 Å². The summed E-state index contributed by atoms with van der Waals surface area (Å²) in [6, 6.07) is 5.03. The van der Waals surface area contributed by atoms with Crippen LogP contribution in [0.1, 0.15) is 29.3 Å². The predicted octanol–water partition coefficient (Wildman–Crippen LogP) is 4.21. The van der Waals surface area contributed by atoms with Crippen molar-refractivity contribution in [3.63, 3.8) is 0 Å². The fourth-order valence-electron chi connectivity index (χ4n) is 3.17. The second kappa shape index (κ2) is 8.39. The third kappa shape index (κ3) is 4.13. The van der Waals surface area contributed by atoms with Gasteiger partial charge >= 0.3 is 6.18 Å². The molecule has 1 aromatic carbocycles. The molecule has 0 bridgehead atoms. The number of pyridine rings is 1. The number of nitrogens with two attached hydrogens (primary N) is 1. The summed E-state index contributed by atoms with van der Waals surface area (Å²) in [6.07, 6.45) is -3.17. The smallest absolute Gasteiger partial charge is 0.330 e. The summed E-state index contributed by atoms with van der Waals surface area (Å²) in [5.74, 6) is 3.98. The molecule has 1 unspecified atom stereocenters. The minimum Gasteiger partial charge on any atom is -0.330 e. The van der Waals surface area contributed by atoms with E-state index in [2.05, 4.69) is 15.1 Å². The van der Waals surface area contributed by atoms with Crippen LogP contribution in [-0.2, 0) is 6.18 Å². The Bertz CT molecular complexity index is 1040. The quantitative estimate of drug-likeness (QED) is 0.430. The highest BCUT2D eigenvalue weighted by Crippen LogP contribution is 2.37. The van der Waals surface area contributed by atoms with Crippen molar-refractivity contribution in [2.45, 2.75) is 25.6 Å². The molecule has 2 N–H and O–H groups in total. The minimum absolute atomic E-state index is 0.0961. The molecule has 11 heteroatoms. The maximum Gasteiger partial charge on any atom is 0.417 e. The summed E-state index contributed by atoms with van der Waals surface area (Å²) in [6.45, 7) is 1.69. The second-order valence-electron chi connectivity index (χ2n) is 6.47. The van der Waals surface area contributed by atoms with Gasteiger partial charge in [-0.1, -0.05) is 17.7 Å². The molecule has 30 heavy (non-hydrogen) atoms. The number of piperidine rings is 1. The summed E-state index contributed by atoms with van der Waals surface area (Å²) in [5, 5.41) is 2.99. The van der Waals surface area contributed by atoms with Gasteiger partial charge in [-0.15, -0.1) is 0 Å². The second-order valence-corrected chi connectivity index (χ2v) is 6.85. The lowest BCUT2D eigenvalue weighted by atomic mass is 9.97. The van der Waals surface area contributed by atoms with E-state index in [1.165, 1.54) is 29.3 Å². The lowest BCUT2D eigenvalue weighted by molar-refractivity contribution is -0.137. The molecular weight excluding hydrogens is 426 g/mol. The molecule has 158 valence electrons. The standard InChI is InChI=1S/C19H16ClF4N5O/c1-10-16(28-25)14(27-17-13(21)6-3-8-26-17)7-9-29(10)18(30)11-4-2-5-12(15(11)20)19(22,23)24/h2-6,8,10H,7,9,25H2,1H3/b27-14?,28-16+. The Hall–Kier alpha value is -3.01. The van der Waals surface area contributed by atoms with Crippen LogP contribution in [0.4, 0.5) is 23.4 Å². The highest BCUT2D eigenvalue weighted by molar-refractivity contribution is 6.45. The number of hydrogen-bond acceptors (Lipinski definition) is 5. The largest absolute Gasteiger partial charge is 0.417 e. The van der Waals surface area contributed by atoms with E-state index < -0.39 is 34.5 Å². The van der Waals surface area contributed by atoms with Gasteiger partial charge in [-0.2, -0.15) is 18.3 Å². The van der Waals surface area contributed by atoms with Gasteiger partial charge in [0.1, 0.15) is 5.71 Å². The number of carbonyl (C=O) groups is 1. The molecule has 1 fully saturated rings. The zero-order chi connectivity index (χ0) is 22.1. The molecule has 2 heterocycles. The average Bonchev–Trinajstić information content (AvgIpc) is 2.69. The molecule has 1 aliphatic heterocycles. The number of nitrogens with zero attached hydrogens (tertiary/aromatic N) is 4. The first-order valence-electron chi connectivity index (χ1n) is 8.78. The lowest BCUT2D eigenvalue weighted by Crippen LogP contribution is -2.51. The number of likely N-dealkylation sites (tertiary alicyclic amines) is 1. The van der Waals surface area contributed by atoms with Gasteiger partial charge in [-0.05, 0) is 31.2 Å². The molecule has 1 atom stereocenters. The highest BCUT2D eigenvalue weighted by Gasteiger charge is 2.37. The Morgan fingerprint density at radius 2 is 2.03 bits per heavy atom. The van der Waals surface area contributed by atoms with Crippen LogP contribution >= 0.6 is 11.6 Å². The molecule has 0 radical (unpaired) electrons. The van der Waals surface area contributed by atoms with Gasteiger partial charge < -0.3 is 10.7 Å². The third-order valence-electron chi connectivity index (χ3n) is 4.66. The van der Waals surface area contributed by atoms with Crippen LogP contribution in [0.15, 0.2) is 46.6 Å². The van der Waals surface area contributed by atoms with Gasteiger partial charge in [-0.25, -0.2) is 14.4 Å². The van der Waals surface area contributed by atoms with E-state index in [-0.39, 0.29) is 30.1 Å². The number of alkyl halides is 3. The van der Waals surface area contributed by atoms with E-state index in [0.717, 1.165) is 12.1 Å². The number of amides is 1. The Kier molecular flexibility index (Phi) is 6.06. The Labute approximate surface area is 174 Å². The Morgan fingerprint density at radius 3 is 2.67 bits per heavy atom. The number of halogens is 5. The van der Waals surface area contributed by atoms with Crippen molar-refractivity contribution < 1.29 is 22.4 Å².